The Morgan fingerprint density at radius 2 is 0.577 bits per heavy atom. The van der Waals surface area contributed by atoms with Gasteiger partial charge in [0, 0.05) is 18.3 Å². The Labute approximate surface area is 495 Å². The molecule has 1 saturated carbocycles. The fourth-order valence-electron chi connectivity index (χ4n) is 8.14. The summed E-state index contributed by atoms with van der Waals surface area (Å²) in [5.41, 5.74) is 1.25. The molecule has 0 saturated heterocycles. The van der Waals surface area contributed by atoms with Crippen LogP contribution in [0.5, 0.6) is 0 Å². The van der Waals surface area contributed by atoms with E-state index < -0.39 is 36.3 Å². The van der Waals surface area contributed by atoms with Crippen molar-refractivity contribution in [2.45, 2.75) is 352 Å². The first-order valence-electron chi connectivity index (χ1n) is 33.1. The largest absolute Gasteiger partial charge is 0.252 e. The van der Waals surface area contributed by atoms with E-state index in [1.165, 1.54) is 51.4 Å². The number of halogens is 5. The zero-order valence-electron chi connectivity index (χ0n) is 61.5. The molecule has 0 N–H and O–H groups in total. The Morgan fingerprint density at radius 3 is 0.641 bits per heavy atom. The van der Waals surface area contributed by atoms with Gasteiger partial charge in [-0.05, 0) is 131 Å². The summed E-state index contributed by atoms with van der Waals surface area (Å²) in [6, 6.07) is 0. The van der Waals surface area contributed by atoms with Crippen LogP contribution in [0.1, 0.15) is 328 Å². The molecule has 0 aromatic carbocycles. The third-order valence-corrected chi connectivity index (χ3v) is 16.7. The van der Waals surface area contributed by atoms with Crippen molar-refractivity contribution < 1.29 is 22.0 Å². The highest BCUT2D eigenvalue weighted by molar-refractivity contribution is 4.97. The van der Waals surface area contributed by atoms with Crippen molar-refractivity contribution in [2.24, 2.45) is 123 Å². The first-order chi connectivity index (χ1) is 34.8. The molecule has 1 rings (SSSR count). The first-order valence-corrected chi connectivity index (χ1v) is 33.1. The van der Waals surface area contributed by atoms with Gasteiger partial charge in [0.2, 0.25) is 0 Å². The summed E-state index contributed by atoms with van der Waals surface area (Å²) in [7, 11) is 0. The minimum atomic E-state index is -2.50. The van der Waals surface area contributed by atoms with E-state index in [1.807, 2.05) is 27.7 Å². The molecular formula is C73H157F5. The van der Waals surface area contributed by atoms with Gasteiger partial charge in [0.05, 0.1) is 0 Å². The van der Waals surface area contributed by atoms with Crippen molar-refractivity contribution in [3.63, 3.8) is 0 Å². The van der Waals surface area contributed by atoms with Gasteiger partial charge in [-0.2, -0.15) is 0 Å². The lowest BCUT2D eigenvalue weighted by atomic mass is 9.72. The summed E-state index contributed by atoms with van der Waals surface area (Å²) < 4.78 is 63.8. The van der Waals surface area contributed by atoms with Gasteiger partial charge in [-0.1, -0.05) is 302 Å². The highest BCUT2D eigenvalue weighted by Crippen LogP contribution is 2.57. The highest BCUT2D eigenvalue weighted by atomic mass is 19.3. The van der Waals surface area contributed by atoms with Gasteiger partial charge in [-0.25, -0.2) is 22.0 Å². The molecule has 0 nitrogen and oxygen atoms in total. The predicted molar refractivity (Wildman–Crippen MR) is 354 cm³/mol. The minimum absolute atomic E-state index is 0.0509. The SMILES string of the molecule is CC(C)C(C)(C)C(C)C.CC(C)C(C)C(C)C.CC(C)C(F)(F)C(C)C.CC(C)C(F)C(C)C.CC(C)C(F)CC(F)C(C)C.CC(C)C1(C(C)C)CC1.CC(C)CC(C)C.CC(C)CCC(C)C.CC(C)CCCC(C)C. The second kappa shape index (κ2) is 51.1. The van der Waals surface area contributed by atoms with Crippen LogP contribution in [-0.4, -0.2) is 24.4 Å². The molecule has 1 aliphatic rings. The summed E-state index contributed by atoms with van der Waals surface area (Å²) in [4.78, 5) is 0. The summed E-state index contributed by atoms with van der Waals surface area (Å²) in [6.07, 6.45) is 8.73. The van der Waals surface area contributed by atoms with Gasteiger partial charge in [-0.3, -0.25) is 0 Å². The van der Waals surface area contributed by atoms with E-state index in [9.17, 15) is 22.0 Å². The molecule has 1 fully saturated rings. The standard InChI is InChI=1S/C9H18F2.C9H18.2C9H20.2C8H18.C7H14F2.C7H15F.C7H16/c1-6(2)8(10)5-9(11)7(3)4;1-7(2)9(5-6-9)8(3)4;1-7(2)9(5,6)8(3)4;1-8(2)6-5-7-9(3)4;1-7(2)5-6-8(3)4;1-6(2)8(5)7(3)4;1-5(2)7(8,9)6(3)4;1-5(2)7(8)6(3)4;1-6(2)5-7(3)4/h6-9H,5H2,1-4H3;7-8H,5-6H2,1-4H3;7-8H,1-6H3;8-9H,5-7H2,1-4H3;7-8H,5-6H2,1-4H3;6-8H,1-5H3;5-6H,1-4H3;5-7H,1-4H3;6-7H,5H2,1-4H3. The van der Waals surface area contributed by atoms with Crippen molar-refractivity contribution in [2.75, 3.05) is 0 Å². The molecule has 2 atom stereocenters. The molecule has 0 aliphatic heterocycles. The van der Waals surface area contributed by atoms with Gasteiger partial charge < -0.3 is 0 Å². The van der Waals surface area contributed by atoms with Gasteiger partial charge in [0.15, 0.2) is 0 Å². The summed E-state index contributed by atoms with van der Waals surface area (Å²) >= 11 is 0. The molecule has 0 bridgehead atoms. The van der Waals surface area contributed by atoms with Crippen LogP contribution in [0.15, 0.2) is 0 Å². The second-order valence-electron chi connectivity index (χ2n) is 31.3. The number of alkyl halides is 5. The van der Waals surface area contributed by atoms with E-state index in [2.05, 4.69) is 187 Å². The summed E-state index contributed by atoms with van der Waals surface area (Å²) in [5.74, 6) is 7.88. The lowest BCUT2D eigenvalue weighted by Crippen LogP contribution is -2.29. The third kappa shape index (κ3) is 60.2. The quantitative estimate of drug-likeness (QED) is 0.0895. The van der Waals surface area contributed by atoms with E-state index in [4.69, 9.17) is 0 Å². The van der Waals surface area contributed by atoms with E-state index in [0.717, 1.165) is 82.3 Å². The fraction of sp³-hybridized carbons (Fsp3) is 1.00. The maximum atomic E-state index is 12.9. The van der Waals surface area contributed by atoms with Crippen LogP contribution in [-0.2, 0) is 0 Å². The summed E-state index contributed by atoms with van der Waals surface area (Å²) in [5, 5.41) is 0. The average Bonchev–Trinajstić information content (AvgIpc) is 4.09. The fourth-order valence-corrected chi connectivity index (χ4v) is 8.14. The molecule has 1 aliphatic carbocycles. The van der Waals surface area contributed by atoms with Crippen molar-refractivity contribution >= 4 is 0 Å². The second-order valence-corrected chi connectivity index (χ2v) is 31.3. The Morgan fingerprint density at radius 1 is 0.321 bits per heavy atom. The maximum Gasteiger partial charge on any atom is 0.252 e. The molecule has 0 amide bonds. The predicted octanol–water partition coefficient (Wildman–Crippen LogP) is 27.5. The number of hydrogen-bond donors (Lipinski definition) is 0. The molecule has 0 aromatic rings. The van der Waals surface area contributed by atoms with E-state index in [1.54, 1.807) is 55.4 Å². The maximum absolute atomic E-state index is 12.9. The monoisotopic (exact) mass is 1130 g/mol. The molecule has 484 valence electrons. The van der Waals surface area contributed by atoms with E-state index in [-0.39, 0.29) is 30.1 Å². The van der Waals surface area contributed by atoms with Gasteiger partial charge in [-0.15, -0.1) is 0 Å². The zero-order valence-corrected chi connectivity index (χ0v) is 61.5. The highest BCUT2D eigenvalue weighted by Gasteiger charge is 2.47. The van der Waals surface area contributed by atoms with Crippen LogP contribution in [0.4, 0.5) is 22.0 Å². The topological polar surface area (TPSA) is 0 Å². The average molecular weight is 1130 g/mol. The normalized spacial score (nSPS) is 14.2. The zero-order chi connectivity index (χ0) is 64.6. The number of rotatable bonds is 23. The molecule has 0 aromatic heterocycles. The van der Waals surface area contributed by atoms with Gasteiger partial charge >= 0.3 is 0 Å². The first kappa shape index (κ1) is 94.0. The Hall–Kier alpha value is -0.350. The molecule has 0 heterocycles. The van der Waals surface area contributed by atoms with Crippen LogP contribution in [0.3, 0.4) is 0 Å². The van der Waals surface area contributed by atoms with Crippen LogP contribution >= 0.6 is 0 Å². The molecule has 5 heteroatoms. The molecular weight excluding hydrogens is 972 g/mol. The van der Waals surface area contributed by atoms with Crippen molar-refractivity contribution in [3.05, 3.63) is 0 Å². The Kier molecular flexibility index (Phi) is 61.6. The molecule has 78 heavy (non-hydrogen) atoms. The van der Waals surface area contributed by atoms with Crippen molar-refractivity contribution in [1.82, 2.24) is 0 Å². The van der Waals surface area contributed by atoms with E-state index in [0.29, 0.717) is 5.41 Å². The van der Waals surface area contributed by atoms with Gasteiger partial charge in [0.25, 0.3) is 5.92 Å². The molecule has 2 unspecified atom stereocenters. The summed E-state index contributed by atoms with van der Waals surface area (Å²) in [6.45, 7) is 82.9. The molecule has 0 radical (unpaired) electrons. The van der Waals surface area contributed by atoms with Crippen molar-refractivity contribution in [3.8, 4) is 0 Å². The van der Waals surface area contributed by atoms with Gasteiger partial charge in [0.1, 0.15) is 18.5 Å². The smallest absolute Gasteiger partial charge is 0.247 e. The van der Waals surface area contributed by atoms with Crippen LogP contribution in [0, 0.1) is 123 Å². The lowest BCUT2D eigenvalue weighted by Gasteiger charge is -2.33. The minimum Gasteiger partial charge on any atom is -0.247 e. The Bertz CT molecular complexity index is 1050. The van der Waals surface area contributed by atoms with Crippen LogP contribution < -0.4 is 0 Å². The lowest BCUT2D eigenvalue weighted by molar-refractivity contribution is -0.0857. The Balaban J connectivity index is -0.000000118. The third-order valence-electron chi connectivity index (χ3n) is 16.7. The van der Waals surface area contributed by atoms with Crippen molar-refractivity contribution in [1.29, 1.82) is 0 Å². The van der Waals surface area contributed by atoms with Crippen LogP contribution in [0.2, 0.25) is 0 Å². The van der Waals surface area contributed by atoms with E-state index >= 15 is 0 Å². The number of hydrogen-bond acceptors (Lipinski definition) is 0. The molecule has 0 spiro atoms. The van der Waals surface area contributed by atoms with Crippen LogP contribution in [0.25, 0.3) is 0 Å².